The molecule has 2 rings (SSSR count). The Morgan fingerprint density at radius 3 is 2.79 bits per heavy atom. The molecule has 0 fully saturated rings. The molecule has 0 aliphatic rings. The summed E-state index contributed by atoms with van der Waals surface area (Å²) in [5.41, 5.74) is 1.62. The van der Waals surface area contributed by atoms with E-state index in [1.165, 1.54) is 6.07 Å². The molecule has 0 saturated heterocycles. The van der Waals surface area contributed by atoms with Gasteiger partial charge in [0.2, 0.25) is 0 Å². The van der Waals surface area contributed by atoms with Crippen molar-refractivity contribution < 1.29 is 4.39 Å². The van der Waals surface area contributed by atoms with Crippen molar-refractivity contribution in [3.8, 4) is 0 Å². The van der Waals surface area contributed by atoms with Crippen LogP contribution in [-0.2, 0) is 12.8 Å². The molecule has 0 amide bonds. The molecular weight excluding hydrogens is 263 g/mol. The summed E-state index contributed by atoms with van der Waals surface area (Å²) in [6, 6.07) is 10.6. The van der Waals surface area contributed by atoms with Crippen LogP contribution in [0, 0.1) is 5.82 Å². The first-order valence-corrected chi connectivity index (χ1v) is 6.58. The van der Waals surface area contributed by atoms with Gasteiger partial charge in [0.05, 0.1) is 0 Å². The Bertz CT molecular complexity index is 531. The van der Waals surface area contributed by atoms with Crippen molar-refractivity contribution in [2.45, 2.75) is 18.9 Å². The van der Waals surface area contributed by atoms with Gasteiger partial charge in [-0.15, -0.1) is 0 Å². The first-order valence-electron chi connectivity index (χ1n) is 6.20. The number of benzene rings is 1. The number of likely N-dealkylation sites (N-methyl/N-ethyl adjacent to an activating group) is 1. The predicted molar refractivity (Wildman–Crippen MR) is 75.9 cm³/mol. The third-order valence-corrected chi connectivity index (χ3v) is 3.30. The maximum absolute atomic E-state index is 13.7. The second-order valence-electron chi connectivity index (χ2n) is 4.45. The van der Waals surface area contributed by atoms with Crippen LogP contribution < -0.4 is 5.32 Å². The summed E-state index contributed by atoms with van der Waals surface area (Å²) in [5.74, 6) is -0.217. The first-order chi connectivity index (χ1) is 9.19. The summed E-state index contributed by atoms with van der Waals surface area (Å²) < 4.78 is 13.7. The molecule has 1 N–H and O–H groups in total. The lowest BCUT2D eigenvalue weighted by atomic mass is 10.0. The van der Waals surface area contributed by atoms with Crippen LogP contribution in [0.15, 0.2) is 42.6 Å². The predicted octanol–water partition coefficient (Wildman–Crippen LogP) is 3.25. The molecule has 1 aromatic carbocycles. The number of hydrogen-bond acceptors (Lipinski definition) is 2. The van der Waals surface area contributed by atoms with Crippen LogP contribution in [0.3, 0.4) is 0 Å². The lowest BCUT2D eigenvalue weighted by Gasteiger charge is -2.16. The number of aromatic nitrogens is 1. The molecule has 0 bridgehead atoms. The molecule has 0 aliphatic carbocycles. The fourth-order valence-electron chi connectivity index (χ4n) is 2.01. The average molecular weight is 279 g/mol. The molecule has 0 spiro atoms. The van der Waals surface area contributed by atoms with Gasteiger partial charge in [-0.05, 0) is 49.4 Å². The highest BCUT2D eigenvalue weighted by Gasteiger charge is 2.12. The summed E-state index contributed by atoms with van der Waals surface area (Å²) in [7, 11) is 1.87. The van der Waals surface area contributed by atoms with Crippen molar-refractivity contribution in [3.63, 3.8) is 0 Å². The van der Waals surface area contributed by atoms with Gasteiger partial charge in [-0.3, -0.25) is 4.98 Å². The normalized spacial score (nSPS) is 12.4. The molecule has 4 heteroatoms. The third kappa shape index (κ3) is 4.01. The van der Waals surface area contributed by atoms with E-state index in [-0.39, 0.29) is 11.9 Å². The molecule has 0 aliphatic heterocycles. The van der Waals surface area contributed by atoms with Crippen LogP contribution in [0.1, 0.15) is 11.3 Å². The van der Waals surface area contributed by atoms with Gasteiger partial charge in [0.15, 0.2) is 0 Å². The molecule has 0 radical (unpaired) electrons. The van der Waals surface area contributed by atoms with Gasteiger partial charge < -0.3 is 5.32 Å². The fourth-order valence-corrected chi connectivity index (χ4v) is 2.21. The highest BCUT2D eigenvalue weighted by molar-refractivity contribution is 6.30. The first kappa shape index (κ1) is 14.0. The van der Waals surface area contributed by atoms with Crippen LogP contribution in [0.25, 0.3) is 0 Å². The lowest BCUT2D eigenvalue weighted by Crippen LogP contribution is -2.30. The molecule has 19 heavy (non-hydrogen) atoms. The molecular formula is C15H16ClFN2. The minimum atomic E-state index is -0.217. The smallest absolute Gasteiger partial charge is 0.126 e. The van der Waals surface area contributed by atoms with Crippen molar-refractivity contribution in [2.24, 2.45) is 0 Å². The molecule has 1 unspecified atom stereocenters. The van der Waals surface area contributed by atoms with Gasteiger partial charge >= 0.3 is 0 Å². The van der Waals surface area contributed by atoms with Crippen LogP contribution in [-0.4, -0.2) is 18.1 Å². The summed E-state index contributed by atoms with van der Waals surface area (Å²) in [5, 5.41) is 3.76. The summed E-state index contributed by atoms with van der Waals surface area (Å²) in [4.78, 5) is 4.29. The zero-order valence-corrected chi connectivity index (χ0v) is 11.5. The van der Waals surface area contributed by atoms with Gasteiger partial charge in [-0.1, -0.05) is 17.7 Å². The van der Waals surface area contributed by atoms with Crippen molar-refractivity contribution in [1.29, 1.82) is 0 Å². The quantitative estimate of drug-likeness (QED) is 0.908. The van der Waals surface area contributed by atoms with Crippen LogP contribution in [0.4, 0.5) is 4.39 Å². The van der Waals surface area contributed by atoms with E-state index >= 15 is 0 Å². The lowest BCUT2D eigenvalue weighted by molar-refractivity contribution is 0.528. The zero-order chi connectivity index (χ0) is 13.7. The van der Waals surface area contributed by atoms with Crippen molar-refractivity contribution in [2.75, 3.05) is 7.05 Å². The topological polar surface area (TPSA) is 24.9 Å². The zero-order valence-electron chi connectivity index (χ0n) is 10.7. The standard InChI is InChI=1S/C15H16ClFN2/c1-18-14(10-13-4-2-3-7-19-13)9-11-8-12(16)5-6-15(11)17/h2-8,14,18H,9-10H2,1H3. The van der Waals surface area contributed by atoms with Gasteiger partial charge in [0, 0.05) is 29.4 Å². The van der Waals surface area contributed by atoms with E-state index in [1.54, 1.807) is 18.3 Å². The number of hydrogen-bond donors (Lipinski definition) is 1. The van der Waals surface area contributed by atoms with Gasteiger partial charge in [-0.2, -0.15) is 0 Å². The Hall–Kier alpha value is -1.45. The average Bonchev–Trinajstić information content (AvgIpc) is 2.43. The van der Waals surface area contributed by atoms with Crippen LogP contribution in [0.5, 0.6) is 0 Å². The molecule has 1 aromatic heterocycles. The minimum Gasteiger partial charge on any atom is -0.316 e. The Morgan fingerprint density at radius 2 is 2.11 bits per heavy atom. The fraction of sp³-hybridized carbons (Fsp3) is 0.267. The summed E-state index contributed by atoms with van der Waals surface area (Å²) in [6.45, 7) is 0. The highest BCUT2D eigenvalue weighted by atomic mass is 35.5. The second kappa shape index (κ2) is 6.64. The van der Waals surface area contributed by atoms with Crippen molar-refractivity contribution >= 4 is 11.6 Å². The van der Waals surface area contributed by atoms with E-state index in [0.29, 0.717) is 17.0 Å². The van der Waals surface area contributed by atoms with E-state index in [2.05, 4.69) is 10.3 Å². The Balaban J connectivity index is 2.09. The molecule has 0 saturated carbocycles. The number of nitrogens with zero attached hydrogens (tertiary/aromatic N) is 1. The molecule has 100 valence electrons. The largest absolute Gasteiger partial charge is 0.316 e. The van der Waals surface area contributed by atoms with Crippen molar-refractivity contribution in [3.05, 3.63) is 64.7 Å². The van der Waals surface area contributed by atoms with E-state index in [1.807, 2.05) is 25.2 Å². The Morgan fingerprint density at radius 1 is 1.26 bits per heavy atom. The van der Waals surface area contributed by atoms with Gasteiger partial charge in [-0.25, -0.2) is 4.39 Å². The number of rotatable bonds is 5. The second-order valence-corrected chi connectivity index (χ2v) is 4.89. The summed E-state index contributed by atoms with van der Waals surface area (Å²) >= 11 is 5.90. The monoisotopic (exact) mass is 278 g/mol. The maximum Gasteiger partial charge on any atom is 0.126 e. The number of pyridine rings is 1. The Kier molecular flexibility index (Phi) is 4.88. The Labute approximate surface area is 117 Å². The number of halogens is 2. The maximum atomic E-state index is 13.7. The van der Waals surface area contributed by atoms with Gasteiger partial charge in [0.1, 0.15) is 5.82 Å². The van der Waals surface area contributed by atoms with E-state index in [0.717, 1.165) is 12.1 Å². The van der Waals surface area contributed by atoms with Crippen LogP contribution in [0.2, 0.25) is 5.02 Å². The number of nitrogens with one attached hydrogen (secondary N) is 1. The minimum absolute atomic E-state index is 0.128. The molecule has 1 heterocycles. The van der Waals surface area contributed by atoms with E-state index in [9.17, 15) is 4.39 Å². The molecule has 2 aromatic rings. The molecule has 2 nitrogen and oxygen atoms in total. The van der Waals surface area contributed by atoms with Crippen LogP contribution >= 0.6 is 11.6 Å². The van der Waals surface area contributed by atoms with Gasteiger partial charge in [0.25, 0.3) is 0 Å². The third-order valence-electron chi connectivity index (χ3n) is 3.06. The SMILES string of the molecule is CNC(Cc1ccccn1)Cc1cc(Cl)ccc1F. The van der Waals surface area contributed by atoms with E-state index < -0.39 is 0 Å². The summed E-state index contributed by atoms with van der Waals surface area (Å²) in [6.07, 6.45) is 3.10. The highest BCUT2D eigenvalue weighted by Crippen LogP contribution is 2.17. The molecule has 1 atom stereocenters. The van der Waals surface area contributed by atoms with Crippen molar-refractivity contribution in [1.82, 2.24) is 10.3 Å². The van der Waals surface area contributed by atoms with E-state index in [4.69, 9.17) is 11.6 Å².